The molecule has 0 unspecified atom stereocenters. The summed E-state index contributed by atoms with van der Waals surface area (Å²) in [5.41, 5.74) is 3.52. The van der Waals surface area contributed by atoms with Crippen molar-refractivity contribution in [1.29, 1.82) is 0 Å². The van der Waals surface area contributed by atoms with Crippen molar-refractivity contribution in [2.45, 2.75) is 13.3 Å². The number of rotatable bonds is 5. The van der Waals surface area contributed by atoms with E-state index in [-0.39, 0.29) is 5.91 Å². The van der Waals surface area contributed by atoms with Gasteiger partial charge in [-0.05, 0) is 24.1 Å². The van der Waals surface area contributed by atoms with Gasteiger partial charge < -0.3 is 9.80 Å². The molecular formula is C23H24N4OS. The van der Waals surface area contributed by atoms with Crippen LogP contribution in [0.4, 0.5) is 5.13 Å². The highest BCUT2D eigenvalue weighted by molar-refractivity contribution is 7.09. The first kappa shape index (κ1) is 19.3. The molecule has 1 fully saturated rings. The van der Waals surface area contributed by atoms with Crippen LogP contribution in [0.3, 0.4) is 0 Å². The monoisotopic (exact) mass is 404 g/mol. The average Bonchev–Trinajstić information content (AvgIpc) is 3.23. The Hall–Kier alpha value is -2.99. The van der Waals surface area contributed by atoms with Crippen molar-refractivity contribution in [1.82, 2.24) is 14.3 Å². The molecule has 3 aromatic rings. The zero-order valence-corrected chi connectivity index (χ0v) is 17.3. The zero-order chi connectivity index (χ0) is 20.1. The lowest BCUT2D eigenvalue weighted by molar-refractivity contribution is -0.126. The zero-order valence-electron chi connectivity index (χ0n) is 16.5. The number of benzene rings is 2. The molecule has 0 atom stereocenters. The maximum Gasteiger partial charge on any atom is 0.246 e. The molecule has 1 aromatic heterocycles. The Morgan fingerprint density at radius 3 is 2.48 bits per heavy atom. The Morgan fingerprint density at radius 1 is 1.03 bits per heavy atom. The fourth-order valence-corrected chi connectivity index (χ4v) is 4.03. The van der Waals surface area contributed by atoms with Crippen molar-refractivity contribution in [2.75, 3.05) is 31.1 Å². The van der Waals surface area contributed by atoms with Crippen molar-refractivity contribution < 1.29 is 4.79 Å². The lowest BCUT2D eigenvalue weighted by atomic mass is 10.1. The Labute approximate surface area is 175 Å². The summed E-state index contributed by atoms with van der Waals surface area (Å²) in [6, 6.07) is 18.4. The van der Waals surface area contributed by atoms with Crippen molar-refractivity contribution in [3.63, 3.8) is 0 Å². The number of carbonyl (C=O) groups excluding carboxylic acids is 1. The third kappa shape index (κ3) is 5.09. The van der Waals surface area contributed by atoms with Gasteiger partial charge in [-0.3, -0.25) is 4.79 Å². The number of aromatic nitrogens is 2. The molecule has 5 nitrogen and oxygen atoms in total. The Bertz CT molecular complexity index is 974. The molecule has 2 heterocycles. The van der Waals surface area contributed by atoms with Crippen molar-refractivity contribution in [3.05, 3.63) is 83.2 Å². The third-order valence-electron chi connectivity index (χ3n) is 5.02. The molecule has 29 heavy (non-hydrogen) atoms. The number of amides is 1. The van der Waals surface area contributed by atoms with Crippen molar-refractivity contribution >= 4 is 28.6 Å². The molecule has 0 saturated carbocycles. The number of hydrogen-bond acceptors (Lipinski definition) is 5. The molecule has 1 aliphatic rings. The van der Waals surface area contributed by atoms with Gasteiger partial charge in [-0.15, -0.1) is 0 Å². The van der Waals surface area contributed by atoms with Crippen molar-refractivity contribution in [2.24, 2.45) is 0 Å². The standard InChI is InChI=1S/C23H24N4OS/c1-18-7-9-20(10-8-18)17-21-24-23(29-25-21)27-15-13-26(14-16-27)22(28)12-11-19-5-3-2-4-6-19/h2-12H,13-17H2,1H3/b12-11+. The van der Waals surface area contributed by atoms with Crippen LogP contribution in [-0.4, -0.2) is 46.3 Å². The second-order valence-electron chi connectivity index (χ2n) is 7.21. The molecule has 6 heteroatoms. The highest BCUT2D eigenvalue weighted by Gasteiger charge is 2.22. The number of hydrogen-bond donors (Lipinski definition) is 0. The lowest BCUT2D eigenvalue weighted by Gasteiger charge is -2.33. The van der Waals surface area contributed by atoms with Crippen LogP contribution >= 0.6 is 11.5 Å². The van der Waals surface area contributed by atoms with Crippen LogP contribution in [0.25, 0.3) is 6.08 Å². The number of anilines is 1. The van der Waals surface area contributed by atoms with E-state index >= 15 is 0 Å². The van der Waals surface area contributed by atoms with Gasteiger partial charge in [-0.1, -0.05) is 60.2 Å². The molecule has 0 aliphatic carbocycles. The van der Waals surface area contributed by atoms with Crippen molar-refractivity contribution in [3.8, 4) is 0 Å². The van der Waals surface area contributed by atoms with Gasteiger partial charge in [0.05, 0.1) is 0 Å². The second kappa shape index (κ2) is 9.01. The van der Waals surface area contributed by atoms with Gasteiger partial charge >= 0.3 is 0 Å². The molecule has 1 amide bonds. The van der Waals surface area contributed by atoms with Crippen LogP contribution in [0, 0.1) is 6.92 Å². The van der Waals surface area contributed by atoms with E-state index in [2.05, 4.69) is 40.5 Å². The summed E-state index contributed by atoms with van der Waals surface area (Å²) in [6.45, 7) is 5.05. The number of piperazine rings is 1. The van der Waals surface area contributed by atoms with Crippen LogP contribution in [-0.2, 0) is 11.2 Å². The third-order valence-corrected chi connectivity index (χ3v) is 5.83. The van der Waals surface area contributed by atoms with Gasteiger partial charge in [-0.25, -0.2) is 4.98 Å². The normalized spacial score (nSPS) is 14.5. The van der Waals surface area contributed by atoms with Gasteiger partial charge in [0.2, 0.25) is 11.0 Å². The molecule has 4 rings (SSSR count). The summed E-state index contributed by atoms with van der Waals surface area (Å²) in [7, 11) is 0. The van der Waals surface area contributed by atoms with Gasteiger partial charge in [0.15, 0.2) is 0 Å². The molecule has 0 radical (unpaired) electrons. The van der Waals surface area contributed by atoms with E-state index in [1.807, 2.05) is 41.3 Å². The SMILES string of the molecule is Cc1ccc(Cc2nsc(N3CCN(C(=O)/C=C/c4ccccc4)CC3)n2)cc1. The van der Waals surface area contributed by atoms with Crippen LogP contribution in [0.15, 0.2) is 60.7 Å². The minimum absolute atomic E-state index is 0.0610. The minimum Gasteiger partial charge on any atom is -0.343 e. The van der Waals surface area contributed by atoms with E-state index in [1.54, 1.807) is 6.08 Å². The smallest absolute Gasteiger partial charge is 0.246 e. The van der Waals surface area contributed by atoms with E-state index in [1.165, 1.54) is 22.7 Å². The summed E-state index contributed by atoms with van der Waals surface area (Å²) in [4.78, 5) is 21.3. The fraction of sp³-hybridized carbons (Fsp3) is 0.261. The van der Waals surface area contributed by atoms with E-state index in [0.29, 0.717) is 13.1 Å². The summed E-state index contributed by atoms with van der Waals surface area (Å²) in [5, 5.41) is 0.944. The second-order valence-corrected chi connectivity index (χ2v) is 7.94. The molecule has 0 N–H and O–H groups in total. The first-order valence-corrected chi connectivity index (χ1v) is 10.6. The molecule has 1 aliphatic heterocycles. The molecule has 148 valence electrons. The summed E-state index contributed by atoms with van der Waals surface area (Å²) in [6.07, 6.45) is 4.28. The van der Waals surface area contributed by atoms with Gasteiger partial charge in [-0.2, -0.15) is 4.37 Å². The van der Waals surface area contributed by atoms with Crippen LogP contribution in [0.5, 0.6) is 0 Å². The van der Waals surface area contributed by atoms with Crippen LogP contribution in [0.2, 0.25) is 0 Å². The van der Waals surface area contributed by atoms with Crippen LogP contribution < -0.4 is 4.90 Å². The quantitative estimate of drug-likeness (QED) is 0.607. The number of aryl methyl sites for hydroxylation is 1. The first-order valence-electron chi connectivity index (χ1n) is 9.82. The molecule has 0 bridgehead atoms. The largest absolute Gasteiger partial charge is 0.343 e. The molecule has 0 spiro atoms. The fourth-order valence-electron chi connectivity index (χ4n) is 3.29. The highest BCUT2D eigenvalue weighted by atomic mass is 32.1. The Balaban J connectivity index is 1.30. The van der Waals surface area contributed by atoms with Gasteiger partial charge in [0.25, 0.3) is 0 Å². The van der Waals surface area contributed by atoms with E-state index in [4.69, 9.17) is 4.98 Å². The van der Waals surface area contributed by atoms with E-state index in [0.717, 1.165) is 36.0 Å². The van der Waals surface area contributed by atoms with Crippen LogP contribution in [0.1, 0.15) is 22.5 Å². The van der Waals surface area contributed by atoms with Gasteiger partial charge in [0.1, 0.15) is 5.82 Å². The first-order chi connectivity index (χ1) is 14.2. The predicted octanol–water partition coefficient (Wildman–Crippen LogP) is 3.80. The summed E-state index contributed by atoms with van der Waals surface area (Å²) < 4.78 is 4.52. The van der Waals surface area contributed by atoms with E-state index < -0.39 is 0 Å². The predicted molar refractivity (Wildman–Crippen MR) is 118 cm³/mol. The minimum atomic E-state index is 0.0610. The number of nitrogens with zero attached hydrogens (tertiary/aromatic N) is 4. The van der Waals surface area contributed by atoms with E-state index in [9.17, 15) is 4.79 Å². The Kier molecular flexibility index (Phi) is 6.00. The topological polar surface area (TPSA) is 49.3 Å². The summed E-state index contributed by atoms with van der Waals surface area (Å²) >= 11 is 1.44. The van der Waals surface area contributed by atoms with Gasteiger partial charge in [0, 0.05) is 50.2 Å². The number of carbonyl (C=O) groups is 1. The molecule has 2 aromatic carbocycles. The Morgan fingerprint density at radius 2 is 1.76 bits per heavy atom. The molecular weight excluding hydrogens is 380 g/mol. The lowest BCUT2D eigenvalue weighted by Crippen LogP contribution is -2.48. The average molecular weight is 405 g/mol. The summed E-state index contributed by atoms with van der Waals surface area (Å²) in [5.74, 6) is 0.920. The molecule has 1 saturated heterocycles. The highest BCUT2D eigenvalue weighted by Crippen LogP contribution is 2.21. The maximum absolute atomic E-state index is 12.4. The maximum atomic E-state index is 12.4.